The number of hydrogen-bond donors (Lipinski definition) is 0. The number of halogens is 2. The molecule has 0 bridgehead atoms. The van der Waals surface area contributed by atoms with Gasteiger partial charge in [-0.1, -0.05) is 23.2 Å². The van der Waals surface area contributed by atoms with Crippen LogP contribution in [-0.4, -0.2) is 0 Å². The maximum absolute atomic E-state index is 8.56. The lowest BCUT2D eigenvalue weighted by atomic mass is 10.1. The lowest BCUT2D eigenvalue weighted by Gasteiger charge is -1.98. The number of allylic oxidation sites excluding steroid dienone is 1. The SMILES string of the molecule is C/C(C#N)=C\c1cc(Cl)ccc1Cl. The summed E-state index contributed by atoms with van der Waals surface area (Å²) in [7, 11) is 0. The summed E-state index contributed by atoms with van der Waals surface area (Å²) in [6, 6.07) is 7.17. The predicted octanol–water partition coefficient (Wildman–Crippen LogP) is 3.92. The van der Waals surface area contributed by atoms with Gasteiger partial charge >= 0.3 is 0 Å². The van der Waals surface area contributed by atoms with Crippen LogP contribution in [0.25, 0.3) is 6.08 Å². The van der Waals surface area contributed by atoms with Gasteiger partial charge in [-0.15, -0.1) is 0 Å². The summed E-state index contributed by atoms with van der Waals surface area (Å²) < 4.78 is 0. The Labute approximate surface area is 87.2 Å². The van der Waals surface area contributed by atoms with E-state index in [0.29, 0.717) is 15.6 Å². The van der Waals surface area contributed by atoms with Gasteiger partial charge in [0, 0.05) is 15.6 Å². The summed E-state index contributed by atoms with van der Waals surface area (Å²) in [4.78, 5) is 0. The second-order valence-corrected chi connectivity index (χ2v) is 3.45. The second-order valence-electron chi connectivity index (χ2n) is 2.60. The van der Waals surface area contributed by atoms with Crippen molar-refractivity contribution in [3.05, 3.63) is 39.4 Å². The number of nitrogens with zero attached hydrogens (tertiary/aromatic N) is 1. The van der Waals surface area contributed by atoms with Crippen LogP contribution in [-0.2, 0) is 0 Å². The molecule has 0 saturated heterocycles. The van der Waals surface area contributed by atoms with Crippen LogP contribution >= 0.6 is 23.2 Å². The molecule has 1 rings (SSSR count). The van der Waals surface area contributed by atoms with Gasteiger partial charge in [0.2, 0.25) is 0 Å². The zero-order valence-electron chi connectivity index (χ0n) is 7.01. The Kier molecular flexibility index (Phi) is 3.36. The zero-order valence-corrected chi connectivity index (χ0v) is 8.52. The first-order chi connectivity index (χ1) is 6.13. The molecule has 3 heteroatoms. The van der Waals surface area contributed by atoms with Gasteiger partial charge in [0.05, 0.1) is 6.07 Å². The third-order valence-electron chi connectivity index (χ3n) is 1.51. The minimum Gasteiger partial charge on any atom is -0.193 e. The van der Waals surface area contributed by atoms with E-state index in [1.54, 1.807) is 31.2 Å². The van der Waals surface area contributed by atoms with Crippen molar-refractivity contribution < 1.29 is 0 Å². The second kappa shape index (κ2) is 4.32. The maximum atomic E-state index is 8.56. The van der Waals surface area contributed by atoms with Crippen LogP contribution in [0, 0.1) is 11.3 Å². The van der Waals surface area contributed by atoms with E-state index in [2.05, 4.69) is 0 Å². The van der Waals surface area contributed by atoms with Gasteiger partial charge in [0.15, 0.2) is 0 Å². The fourth-order valence-electron chi connectivity index (χ4n) is 0.891. The van der Waals surface area contributed by atoms with Crippen LogP contribution in [0.4, 0.5) is 0 Å². The van der Waals surface area contributed by atoms with Gasteiger partial charge in [-0.25, -0.2) is 0 Å². The van der Waals surface area contributed by atoms with Crippen LogP contribution in [0.15, 0.2) is 23.8 Å². The molecule has 1 aromatic rings. The van der Waals surface area contributed by atoms with Crippen LogP contribution in [0.5, 0.6) is 0 Å². The highest BCUT2D eigenvalue weighted by Gasteiger charge is 1.98. The molecule has 0 N–H and O–H groups in total. The molecule has 0 aromatic heterocycles. The zero-order chi connectivity index (χ0) is 9.84. The maximum Gasteiger partial charge on any atom is 0.0944 e. The molecule has 0 spiro atoms. The van der Waals surface area contributed by atoms with Crippen LogP contribution in [0.2, 0.25) is 10.0 Å². The molecule has 1 aromatic carbocycles. The number of rotatable bonds is 1. The Bertz CT molecular complexity index is 388. The lowest BCUT2D eigenvalue weighted by Crippen LogP contribution is -1.77. The number of benzene rings is 1. The molecule has 0 amide bonds. The first kappa shape index (κ1) is 10.1. The van der Waals surface area contributed by atoms with Gasteiger partial charge in [-0.2, -0.15) is 5.26 Å². The molecular weight excluding hydrogens is 205 g/mol. The fraction of sp³-hybridized carbons (Fsp3) is 0.100. The first-order valence-electron chi connectivity index (χ1n) is 3.67. The molecule has 0 aliphatic rings. The molecule has 0 aliphatic heterocycles. The Morgan fingerprint density at radius 2 is 2.15 bits per heavy atom. The van der Waals surface area contributed by atoms with Crippen molar-refractivity contribution in [2.45, 2.75) is 6.92 Å². The standard InChI is InChI=1S/C10H7Cl2N/c1-7(6-13)4-8-5-9(11)2-3-10(8)12/h2-5H,1H3/b7-4+. The lowest BCUT2D eigenvalue weighted by molar-refractivity contribution is 1.46. The normalized spacial score (nSPS) is 11.1. The van der Waals surface area contributed by atoms with Gasteiger partial charge < -0.3 is 0 Å². The van der Waals surface area contributed by atoms with E-state index in [9.17, 15) is 0 Å². The molecule has 1 nitrogen and oxygen atoms in total. The van der Waals surface area contributed by atoms with E-state index in [4.69, 9.17) is 28.5 Å². The Balaban J connectivity index is 3.16. The smallest absolute Gasteiger partial charge is 0.0944 e. The van der Waals surface area contributed by atoms with Gasteiger partial charge in [-0.05, 0) is 36.8 Å². The summed E-state index contributed by atoms with van der Waals surface area (Å²) in [5.41, 5.74) is 1.37. The molecule has 66 valence electrons. The third-order valence-corrected chi connectivity index (χ3v) is 2.09. The molecule has 0 fully saturated rings. The molecule has 0 saturated carbocycles. The molecule has 0 aliphatic carbocycles. The highest BCUT2D eigenvalue weighted by molar-refractivity contribution is 6.34. The quantitative estimate of drug-likeness (QED) is 0.647. The molecule has 0 unspecified atom stereocenters. The number of nitriles is 1. The minimum absolute atomic E-state index is 0.596. The van der Waals surface area contributed by atoms with Crippen LogP contribution < -0.4 is 0 Å². The molecule has 0 radical (unpaired) electrons. The monoisotopic (exact) mass is 211 g/mol. The average Bonchev–Trinajstić information content (AvgIpc) is 2.11. The summed E-state index contributed by atoms with van der Waals surface area (Å²) in [6.07, 6.45) is 1.70. The van der Waals surface area contributed by atoms with Crippen molar-refractivity contribution in [3.63, 3.8) is 0 Å². The largest absolute Gasteiger partial charge is 0.193 e. The van der Waals surface area contributed by atoms with Crippen molar-refractivity contribution in [1.82, 2.24) is 0 Å². The van der Waals surface area contributed by atoms with Gasteiger partial charge in [0.1, 0.15) is 0 Å². The van der Waals surface area contributed by atoms with Crippen molar-refractivity contribution in [2.75, 3.05) is 0 Å². The van der Waals surface area contributed by atoms with Gasteiger partial charge in [0.25, 0.3) is 0 Å². The van der Waals surface area contributed by atoms with Gasteiger partial charge in [-0.3, -0.25) is 0 Å². The van der Waals surface area contributed by atoms with E-state index < -0.39 is 0 Å². The molecule has 0 atom stereocenters. The van der Waals surface area contributed by atoms with Crippen molar-refractivity contribution in [3.8, 4) is 6.07 Å². The topological polar surface area (TPSA) is 23.8 Å². The third kappa shape index (κ3) is 2.77. The summed E-state index contributed by atoms with van der Waals surface area (Å²) in [5, 5.41) is 9.77. The molecule has 13 heavy (non-hydrogen) atoms. The van der Waals surface area contributed by atoms with Crippen molar-refractivity contribution in [2.24, 2.45) is 0 Å². The van der Waals surface area contributed by atoms with Crippen LogP contribution in [0.1, 0.15) is 12.5 Å². The van der Waals surface area contributed by atoms with E-state index >= 15 is 0 Å². The Hall–Kier alpha value is -0.970. The van der Waals surface area contributed by atoms with E-state index in [0.717, 1.165) is 5.56 Å². The summed E-state index contributed by atoms with van der Waals surface area (Å²) in [6.45, 7) is 1.72. The number of hydrogen-bond acceptors (Lipinski definition) is 1. The Morgan fingerprint density at radius 1 is 1.46 bits per heavy atom. The first-order valence-corrected chi connectivity index (χ1v) is 4.42. The van der Waals surface area contributed by atoms with Crippen molar-refractivity contribution in [1.29, 1.82) is 5.26 Å². The molecular formula is C10H7Cl2N. The Morgan fingerprint density at radius 3 is 2.77 bits per heavy atom. The minimum atomic E-state index is 0.596. The molecule has 0 heterocycles. The highest BCUT2D eigenvalue weighted by atomic mass is 35.5. The predicted molar refractivity (Wildman–Crippen MR) is 55.7 cm³/mol. The van der Waals surface area contributed by atoms with E-state index in [-0.39, 0.29) is 0 Å². The summed E-state index contributed by atoms with van der Waals surface area (Å²) >= 11 is 11.7. The average molecular weight is 212 g/mol. The van der Waals surface area contributed by atoms with Crippen molar-refractivity contribution >= 4 is 29.3 Å². The van der Waals surface area contributed by atoms with E-state index in [1.807, 2.05) is 6.07 Å². The van der Waals surface area contributed by atoms with E-state index in [1.165, 1.54) is 0 Å². The highest BCUT2D eigenvalue weighted by Crippen LogP contribution is 2.22. The fourth-order valence-corrected chi connectivity index (χ4v) is 1.24. The summed E-state index contributed by atoms with van der Waals surface area (Å²) in [5.74, 6) is 0. The van der Waals surface area contributed by atoms with Crippen LogP contribution in [0.3, 0.4) is 0 Å².